The molecule has 1 amide bonds. The van der Waals surface area contributed by atoms with Crippen LogP contribution in [0.25, 0.3) is 16.9 Å². The van der Waals surface area contributed by atoms with Crippen molar-refractivity contribution in [3.63, 3.8) is 0 Å². The van der Waals surface area contributed by atoms with E-state index in [0.717, 1.165) is 53.8 Å². The van der Waals surface area contributed by atoms with Gasteiger partial charge >= 0.3 is 0 Å². The molecule has 1 aromatic heterocycles. The number of methoxy groups -OCH3 is 1. The number of amides is 1. The minimum atomic E-state index is -0.0175. The van der Waals surface area contributed by atoms with Gasteiger partial charge in [-0.3, -0.25) is 9.69 Å². The summed E-state index contributed by atoms with van der Waals surface area (Å²) in [6.45, 7) is 8.15. The summed E-state index contributed by atoms with van der Waals surface area (Å²) >= 11 is 0. The molecule has 8 heteroatoms. The molecule has 1 saturated heterocycles. The van der Waals surface area contributed by atoms with Crippen molar-refractivity contribution in [3.05, 3.63) is 89.1 Å². The molecule has 0 bridgehead atoms. The lowest BCUT2D eigenvalue weighted by Crippen LogP contribution is -2.48. The van der Waals surface area contributed by atoms with E-state index in [4.69, 9.17) is 19.3 Å². The van der Waals surface area contributed by atoms with Crippen LogP contribution in [0.5, 0.6) is 17.2 Å². The molecular weight excluding hydrogens is 492 g/mol. The van der Waals surface area contributed by atoms with Crippen LogP contribution in [0.4, 0.5) is 0 Å². The molecule has 3 heterocycles. The molecule has 0 spiro atoms. The molecule has 200 valence electrons. The first-order valence-corrected chi connectivity index (χ1v) is 13.2. The fourth-order valence-corrected chi connectivity index (χ4v) is 5.06. The van der Waals surface area contributed by atoms with Crippen LogP contribution in [0.3, 0.4) is 0 Å². The Kier molecular flexibility index (Phi) is 6.70. The SMILES string of the molecule is COc1ccc(-n2nc(-c3ccc(C)c(C)c3)cc2C(=O)N2CCN(Cc3ccc4c(c3)OCO4)CC2)cc1. The summed E-state index contributed by atoms with van der Waals surface area (Å²) in [5, 5.41) is 4.89. The second kappa shape index (κ2) is 10.5. The van der Waals surface area contributed by atoms with Crippen LogP contribution in [0.2, 0.25) is 0 Å². The van der Waals surface area contributed by atoms with Gasteiger partial charge in [-0.15, -0.1) is 0 Å². The highest BCUT2D eigenvalue weighted by molar-refractivity contribution is 5.94. The average Bonchev–Trinajstić information content (AvgIpc) is 3.62. The Morgan fingerprint density at radius 1 is 0.872 bits per heavy atom. The second-order valence-corrected chi connectivity index (χ2v) is 10.1. The van der Waals surface area contributed by atoms with Crippen molar-refractivity contribution in [1.29, 1.82) is 0 Å². The zero-order valence-electron chi connectivity index (χ0n) is 22.5. The summed E-state index contributed by atoms with van der Waals surface area (Å²) in [5.74, 6) is 2.33. The van der Waals surface area contributed by atoms with Gasteiger partial charge < -0.3 is 19.1 Å². The third-order valence-corrected chi connectivity index (χ3v) is 7.55. The van der Waals surface area contributed by atoms with Gasteiger partial charge in [0, 0.05) is 38.3 Å². The van der Waals surface area contributed by atoms with Crippen LogP contribution in [0.15, 0.2) is 66.7 Å². The summed E-state index contributed by atoms with van der Waals surface area (Å²) in [7, 11) is 1.64. The van der Waals surface area contributed by atoms with Gasteiger partial charge in [-0.1, -0.05) is 18.2 Å². The standard InChI is InChI=1S/C31H32N4O4/c1-21-4-6-24(16-22(21)2)27-18-28(35(32-27)25-7-9-26(37-3)10-8-25)31(36)34-14-12-33(13-15-34)19-23-5-11-29-30(17-23)39-20-38-29/h4-11,16-18H,12-15,19-20H2,1-3H3. The van der Waals surface area contributed by atoms with E-state index < -0.39 is 0 Å². The Morgan fingerprint density at radius 3 is 2.38 bits per heavy atom. The lowest BCUT2D eigenvalue weighted by Gasteiger charge is -2.34. The number of aromatic nitrogens is 2. The fraction of sp³-hybridized carbons (Fsp3) is 0.290. The maximum Gasteiger partial charge on any atom is 0.272 e. The number of aryl methyl sites for hydroxylation is 2. The van der Waals surface area contributed by atoms with Gasteiger partial charge in [0.25, 0.3) is 5.91 Å². The lowest BCUT2D eigenvalue weighted by molar-refractivity contribution is 0.0619. The Labute approximate surface area is 228 Å². The predicted molar refractivity (Wildman–Crippen MR) is 149 cm³/mol. The largest absolute Gasteiger partial charge is 0.497 e. The molecule has 0 radical (unpaired) electrons. The number of rotatable bonds is 6. The Balaban J connectivity index is 1.22. The topological polar surface area (TPSA) is 69.1 Å². The van der Waals surface area contributed by atoms with Crippen molar-refractivity contribution in [3.8, 4) is 34.2 Å². The van der Waals surface area contributed by atoms with Crippen molar-refractivity contribution >= 4 is 5.91 Å². The fourth-order valence-electron chi connectivity index (χ4n) is 5.06. The van der Waals surface area contributed by atoms with E-state index in [9.17, 15) is 4.79 Å². The predicted octanol–water partition coefficient (Wildman–Crippen LogP) is 4.85. The lowest BCUT2D eigenvalue weighted by atomic mass is 10.0. The molecule has 0 aliphatic carbocycles. The van der Waals surface area contributed by atoms with E-state index >= 15 is 0 Å². The van der Waals surface area contributed by atoms with Crippen molar-refractivity contribution < 1.29 is 19.0 Å². The number of hydrogen-bond acceptors (Lipinski definition) is 6. The molecular formula is C31H32N4O4. The van der Waals surface area contributed by atoms with Crippen molar-refractivity contribution in [2.45, 2.75) is 20.4 Å². The smallest absolute Gasteiger partial charge is 0.272 e. The van der Waals surface area contributed by atoms with Gasteiger partial charge in [-0.25, -0.2) is 4.68 Å². The first-order chi connectivity index (χ1) is 19.0. The summed E-state index contributed by atoms with van der Waals surface area (Å²) < 4.78 is 18.0. The van der Waals surface area contributed by atoms with E-state index in [1.807, 2.05) is 47.4 Å². The van der Waals surface area contributed by atoms with Crippen LogP contribution in [0.1, 0.15) is 27.2 Å². The summed E-state index contributed by atoms with van der Waals surface area (Å²) in [6.07, 6.45) is 0. The van der Waals surface area contributed by atoms with Crippen LogP contribution < -0.4 is 14.2 Å². The third kappa shape index (κ3) is 5.07. The van der Waals surface area contributed by atoms with Gasteiger partial charge in [-0.2, -0.15) is 5.10 Å². The van der Waals surface area contributed by atoms with Gasteiger partial charge in [0.2, 0.25) is 6.79 Å². The molecule has 0 saturated carbocycles. The highest BCUT2D eigenvalue weighted by Gasteiger charge is 2.27. The Morgan fingerprint density at radius 2 is 1.64 bits per heavy atom. The van der Waals surface area contributed by atoms with Gasteiger partial charge in [0.15, 0.2) is 11.5 Å². The molecule has 6 rings (SSSR count). The monoisotopic (exact) mass is 524 g/mol. The zero-order valence-corrected chi connectivity index (χ0v) is 22.5. The van der Waals surface area contributed by atoms with Gasteiger partial charge in [0.05, 0.1) is 18.5 Å². The molecule has 8 nitrogen and oxygen atoms in total. The maximum absolute atomic E-state index is 13.9. The minimum absolute atomic E-state index is 0.0175. The maximum atomic E-state index is 13.9. The van der Waals surface area contributed by atoms with Crippen molar-refractivity contribution in [2.75, 3.05) is 40.1 Å². The second-order valence-electron chi connectivity index (χ2n) is 10.1. The van der Waals surface area contributed by atoms with E-state index in [1.54, 1.807) is 11.8 Å². The highest BCUT2D eigenvalue weighted by Crippen LogP contribution is 2.33. The third-order valence-electron chi connectivity index (χ3n) is 7.55. The summed E-state index contributed by atoms with van der Waals surface area (Å²) in [5.41, 5.74) is 6.73. The van der Waals surface area contributed by atoms with Gasteiger partial charge in [-0.05, 0) is 79.1 Å². The van der Waals surface area contributed by atoms with E-state index in [1.165, 1.54) is 16.7 Å². The average molecular weight is 525 g/mol. The number of fused-ring (bicyclic) bond motifs is 1. The van der Waals surface area contributed by atoms with E-state index in [-0.39, 0.29) is 12.7 Å². The molecule has 0 N–H and O–H groups in total. The van der Waals surface area contributed by atoms with Crippen LogP contribution in [0, 0.1) is 13.8 Å². The first-order valence-electron chi connectivity index (χ1n) is 13.2. The number of carbonyl (C=O) groups excluding carboxylic acids is 1. The van der Waals surface area contributed by atoms with E-state index in [0.29, 0.717) is 18.8 Å². The van der Waals surface area contributed by atoms with E-state index in [2.05, 4.69) is 43.0 Å². The molecule has 0 unspecified atom stereocenters. The first kappa shape index (κ1) is 25.0. The minimum Gasteiger partial charge on any atom is -0.497 e. The van der Waals surface area contributed by atoms with Gasteiger partial charge in [0.1, 0.15) is 11.4 Å². The highest BCUT2D eigenvalue weighted by atomic mass is 16.7. The molecule has 2 aliphatic heterocycles. The van der Waals surface area contributed by atoms with Crippen molar-refractivity contribution in [2.24, 2.45) is 0 Å². The quantitative estimate of drug-likeness (QED) is 0.359. The van der Waals surface area contributed by atoms with Crippen LogP contribution in [-0.4, -0.2) is 65.6 Å². The molecule has 39 heavy (non-hydrogen) atoms. The number of hydrogen-bond donors (Lipinski definition) is 0. The molecule has 3 aromatic carbocycles. The normalized spacial score (nSPS) is 15.0. The summed E-state index contributed by atoms with van der Waals surface area (Å²) in [6, 6.07) is 21.9. The number of ether oxygens (including phenoxy) is 3. The molecule has 2 aliphatic rings. The van der Waals surface area contributed by atoms with Crippen LogP contribution in [-0.2, 0) is 6.54 Å². The molecule has 1 fully saturated rings. The number of carbonyl (C=O) groups is 1. The van der Waals surface area contributed by atoms with Crippen LogP contribution >= 0.6 is 0 Å². The summed E-state index contributed by atoms with van der Waals surface area (Å²) in [4.78, 5) is 18.2. The number of piperazine rings is 1. The molecule has 0 atom stereocenters. The number of nitrogens with zero attached hydrogens (tertiary/aromatic N) is 4. The Bertz CT molecular complexity index is 1500. The number of benzene rings is 3. The zero-order chi connectivity index (χ0) is 26.9. The molecule has 4 aromatic rings. The Hall–Kier alpha value is -4.30. The van der Waals surface area contributed by atoms with Crippen molar-refractivity contribution in [1.82, 2.24) is 19.6 Å².